The molecule has 0 fully saturated rings. The van der Waals surface area contributed by atoms with Crippen LogP contribution in [0.25, 0.3) is 5.69 Å². The van der Waals surface area contributed by atoms with Crippen LogP contribution >= 0.6 is 0 Å². The zero-order chi connectivity index (χ0) is 20.3. The Morgan fingerprint density at radius 2 is 1.86 bits per heavy atom. The third kappa shape index (κ3) is 4.00. The molecule has 28 heavy (non-hydrogen) atoms. The molecule has 0 bridgehead atoms. The lowest BCUT2D eigenvalue weighted by Crippen LogP contribution is -2.07. The Hall–Kier alpha value is -3.69. The highest BCUT2D eigenvalue weighted by Gasteiger charge is 2.33. The van der Waals surface area contributed by atoms with Gasteiger partial charge in [0.15, 0.2) is 0 Å². The number of rotatable bonds is 5. The number of nitrogens with one attached hydrogen (secondary N) is 1. The smallest absolute Gasteiger partial charge is 0.313 e. The Labute approximate surface area is 155 Å². The van der Waals surface area contributed by atoms with E-state index in [0.717, 1.165) is 6.07 Å². The second-order valence-corrected chi connectivity index (χ2v) is 5.61. The van der Waals surface area contributed by atoms with Crippen molar-refractivity contribution in [2.75, 3.05) is 5.43 Å². The predicted molar refractivity (Wildman–Crippen MR) is 95.0 cm³/mol. The molecule has 1 aromatic heterocycles. The van der Waals surface area contributed by atoms with Gasteiger partial charge in [0, 0.05) is 12.3 Å². The Balaban J connectivity index is 1.86. The molecule has 0 amide bonds. The molecule has 0 radical (unpaired) electrons. The van der Waals surface area contributed by atoms with Crippen LogP contribution in [0, 0.1) is 15.9 Å². The van der Waals surface area contributed by atoms with Gasteiger partial charge in [0.1, 0.15) is 11.5 Å². The summed E-state index contributed by atoms with van der Waals surface area (Å²) in [7, 11) is 0. The third-order valence-electron chi connectivity index (χ3n) is 3.80. The Bertz CT molecular complexity index is 1040. The van der Waals surface area contributed by atoms with Crippen LogP contribution in [0.15, 0.2) is 65.9 Å². The van der Waals surface area contributed by atoms with Crippen molar-refractivity contribution in [2.45, 2.75) is 6.18 Å². The summed E-state index contributed by atoms with van der Waals surface area (Å²) in [5.74, 6) is -0.459. The fourth-order valence-corrected chi connectivity index (χ4v) is 2.49. The number of anilines is 1. The summed E-state index contributed by atoms with van der Waals surface area (Å²) in [5, 5.41) is 14.9. The normalized spacial score (nSPS) is 11.7. The van der Waals surface area contributed by atoms with Crippen molar-refractivity contribution < 1.29 is 22.5 Å². The number of hydrogen-bond donors (Lipinski definition) is 1. The predicted octanol–water partition coefficient (Wildman–Crippen LogP) is 4.99. The second kappa shape index (κ2) is 7.51. The van der Waals surface area contributed by atoms with E-state index < -0.39 is 28.2 Å². The van der Waals surface area contributed by atoms with E-state index in [4.69, 9.17) is 0 Å². The minimum atomic E-state index is -4.70. The third-order valence-corrected chi connectivity index (χ3v) is 3.80. The number of nitro benzene ring substituents is 1. The highest BCUT2D eigenvalue weighted by atomic mass is 19.4. The van der Waals surface area contributed by atoms with Gasteiger partial charge in [0.25, 0.3) is 5.69 Å². The van der Waals surface area contributed by atoms with Gasteiger partial charge in [-0.05, 0) is 36.4 Å². The van der Waals surface area contributed by atoms with Gasteiger partial charge in [-0.3, -0.25) is 15.5 Å². The Kier molecular flexibility index (Phi) is 5.12. The van der Waals surface area contributed by atoms with Crippen LogP contribution in [-0.2, 0) is 6.18 Å². The number of hydrogen-bond acceptors (Lipinski definition) is 4. The minimum Gasteiger partial charge on any atom is -0.313 e. The maximum atomic E-state index is 13.9. The lowest BCUT2D eigenvalue weighted by molar-refractivity contribution is -0.384. The van der Waals surface area contributed by atoms with Gasteiger partial charge in [0.2, 0.25) is 0 Å². The molecule has 3 rings (SSSR count). The number of para-hydroxylation sites is 1. The molecule has 0 aliphatic rings. The molecule has 1 heterocycles. The molecule has 0 aliphatic carbocycles. The number of benzene rings is 2. The monoisotopic (exact) mass is 392 g/mol. The topological polar surface area (TPSA) is 72.5 Å². The van der Waals surface area contributed by atoms with Crippen LogP contribution in [0.5, 0.6) is 0 Å². The Morgan fingerprint density at radius 3 is 2.54 bits per heavy atom. The molecule has 0 saturated heterocycles. The van der Waals surface area contributed by atoms with Crippen molar-refractivity contribution in [2.24, 2.45) is 5.10 Å². The SMILES string of the molecule is O=[N+]([O-])c1cc(C(F)(F)F)ccc1N/N=C\c1cccn1-c1ccccc1F. The molecule has 1 N–H and O–H groups in total. The molecule has 0 atom stereocenters. The van der Waals surface area contributed by atoms with E-state index in [2.05, 4.69) is 10.5 Å². The number of hydrazone groups is 1. The molecular weight excluding hydrogens is 380 g/mol. The number of aromatic nitrogens is 1. The van der Waals surface area contributed by atoms with E-state index in [1.165, 1.54) is 16.8 Å². The van der Waals surface area contributed by atoms with Crippen LogP contribution in [0.2, 0.25) is 0 Å². The van der Waals surface area contributed by atoms with E-state index in [1.807, 2.05) is 0 Å². The molecular formula is C18H12F4N4O2. The number of nitro groups is 1. The highest BCUT2D eigenvalue weighted by molar-refractivity contribution is 5.80. The average molecular weight is 392 g/mol. The molecule has 0 unspecified atom stereocenters. The molecule has 6 nitrogen and oxygen atoms in total. The molecule has 0 spiro atoms. The van der Waals surface area contributed by atoms with E-state index in [-0.39, 0.29) is 11.4 Å². The van der Waals surface area contributed by atoms with Gasteiger partial charge in [0.05, 0.1) is 28.1 Å². The van der Waals surface area contributed by atoms with Crippen molar-refractivity contribution in [3.63, 3.8) is 0 Å². The van der Waals surface area contributed by atoms with E-state index >= 15 is 0 Å². The van der Waals surface area contributed by atoms with Gasteiger partial charge in [-0.2, -0.15) is 18.3 Å². The molecule has 0 aliphatic heterocycles. The van der Waals surface area contributed by atoms with Crippen LogP contribution in [0.1, 0.15) is 11.3 Å². The van der Waals surface area contributed by atoms with Crippen molar-refractivity contribution in [1.82, 2.24) is 4.57 Å². The second-order valence-electron chi connectivity index (χ2n) is 5.61. The minimum absolute atomic E-state index is 0.210. The van der Waals surface area contributed by atoms with Crippen molar-refractivity contribution in [3.8, 4) is 5.69 Å². The van der Waals surface area contributed by atoms with Gasteiger partial charge in [-0.15, -0.1) is 0 Å². The summed E-state index contributed by atoms with van der Waals surface area (Å²) < 4.78 is 53.6. The summed E-state index contributed by atoms with van der Waals surface area (Å²) in [5.41, 5.74) is 0.968. The zero-order valence-corrected chi connectivity index (χ0v) is 14.0. The largest absolute Gasteiger partial charge is 0.416 e. The van der Waals surface area contributed by atoms with Crippen molar-refractivity contribution >= 4 is 17.6 Å². The summed E-state index contributed by atoms with van der Waals surface area (Å²) in [4.78, 5) is 10.1. The first-order chi connectivity index (χ1) is 13.3. The fourth-order valence-electron chi connectivity index (χ4n) is 2.49. The highest BCUT2D eigenvalue weighted by Crippen LogP contribution is 2.34. The first kappa shape index (κ1) is 19.1. The van der Waals surface area contributed by atoms with Gasteiger partial charge >= 0.3 is 6.18 Å². The molecule has 2 aromatic carbocycles. The quantitative estimate of drug-likeness (QED) is 0.288. The summed E-state index contributed by atoms with van der Waals surface area (Å²) in [6, 6.07) is 11.4. The van der Waals surface area contributed by atoms with Crippen LogP contribution in [-0.4, -0.2) is 15.7 Å². The maximum Gasteiger partial charge on any atom is 0.416 e. The van der Waals surface area contributed by atoms with Crippen LogP contribution in [0.3, 0.4) is 0 Å². The molecule has 3 aromatic rings. The van der Waals surface area contributed by atoms with E-state index in [1.54, 1.807) is 36.5 Å². The summed E-state index contributed by atoms with van der Waals surface area (Å²) in [6.45, 7) is 0. The fraction of sp³-hybridized carbons (Fsp3) is 0.0556. The lowest BCUT2D eigenvalue weighted by Gasteiger charge is -2.09. The number of halogens is 4. The number of alkyl halides is 3. The summed E-state index contributed by atoms with van der Waals surface area (Å²) >= 11 is 0. The first-order valence-electron chi connectivity index (χ1n) is 7.84. The molecule has 0 saturated carbocycles. The van der Waals surface area contributed by atoms with Gasteiger partial charge < -0.3 is 4.57 Å². The zero-order valence-electron chi connectivity index (χ0n) is 14.0. The van der Waals surface area contributed by atoms with Crippen molar-refractivity contribution in [1.29, 1.82) is 0 Å². The Morgan fingerprint density at radius 1 is 1.11 bits per heavy atom. The van der Waals surface area contributed by atoms with Gasteiger partial charge in [-0.25, -0.2) is 4.39 Å². The first-order valence-corrected chi connectivity index (χ1v) is 7.84. The van der Waals surface area contributed by atoms with Crippen molar-refractivity contribution in [3.05, 3.63) is 88.0 Å². The van der Waals surface area contributed by atoms with E-state index in [9.17, 15) is 27.7 Å². The van der Waals surface area contributed by atoms with E-state index in [0.29, 0.717) is 17.8 Å². The summed E-state index contributed by atoms with van der Waals surface area (Å²) in [6.07, 6.45) is -1.83. The lowest BCUT2D eigenvalue weighted by atomic mass is 10.1. The standard InChI is InChI=1S/C18H12F4N4O2/c19-14-5-1-2-6-16(14)25-9-3-4-13(25)11-23-24-15-8-7-12(18(20,21)22)10-17(15)26(27)28/h1-11,24H/b23-11-. The maximum absolute atomic E-state index is 13.9. The van der Waals surface area contributed by atoms with Crippen LogP contribution in [0.4, 0.5) is 28.9 Å². The van der Waals surface area contributed by atoms with Crippen LogP contribution < -0.4 is 5.43 Å². The van der Waals surface area contributed by atoms with Gasteiger partial charge in [-0.1, -0.05) is 12.1 Å². The average Bonchev–Trinajstić information content (AvgIpc) is 3.09. The molecule has 10 heteroatoms. The number of nitrogens with zero attached hydrogens (tertiary/aromatic N) is 3. The molecule has 144 valence electrons.